The number of urea groups is 2. The average molecular weight is 1450 g/mol. The molecular formula is C72H74N18O16. The van der Waals surface area contributed by atoms with Crippen molar-refractivity contribution >= 4 is 93.9 Å². The zero-order valence-electron chi connectivity index (χ0n) is 57.4. The predicted molar refractivity (Wildman–Crippen MR) is 379 cm³/mol. The summed E-state index contributed by atoms with van der Waals surface area (Å²) >= 11 is 0. The van der Waals surface area contributed by atoms with E-state index in [0.717, 1.165) is 46.6 Å². The van der Waals surface area contributed by atoms with Gasteiger partial charge in [-0.15, -0.1) is 11.5 Å². The first kappa shape index (κ1) is 76.7. The highest BCUT2D eigenvalue weighted by atomic mass is 16.5. The van der Waals surface area contributed by atoms with Crippen LogP contribution in [0.4, 0.5) is 32.3 Å². The fourth-order valence-corrected chi connectivity index (χ4v) is 11.2. The first-order chi connectivity index (χ1) is 51.2. The van der Waals surface area contributed by atoms with Crippen LogP contribution in [-0.2, 0) is 45.5 Å². The Morgan fingerprint density at radius 3 is 1.46 bits per heavy atom. The molecule has 0 radical (unpaired) electrons. The van der Waals surface area contributed by atoms with Crippen LogP contribution in [0.5, 0.6) is 11.5 Å². The van der Waals surface area contributed by atoms with Crippen LogP contribution < -0.4 is 52.3 Å². The van der Waals surface area contributed by atoms with E-state index in [1.807, 2.05) is 13.8 Å². The SMILES string of the molecule is C#CCNc1ccc2c(c1)C(=O)N(C1CCC(=O)NC1=O)C2=O.CCCCN(Cc1ccc(C(=O)NO)cc1)C(=O)Nc1ccc(OCN=[N+]=[N-])cc1.CCCCN(Cc1ccc(C(=O)NO)cc1)C(=O)Nc1ccc(OCn2cc(CNc3ccc4c(c3)C(=O)N(C3CCC(=O)NC3=O)C4=O)nn2)cc1. The predicted octanol–water partition coefficient (Wildman–Crippen LogP) is 7.70. The highest BCUT2D eigenvalue weighted by Gasteiger charge is 2.46. The zero-order chi connectivity index (χ0) is 75.8. The summed E-state index contributed by atoms with van der Waals surface area (Å²) in [6, 6.07) is 33.9. The molecule has 34 heteroatoms. The number of nitrogens with zero attached hydrogens (tertiary/aromatic N) is 10. The number of unbranched alkanes of at least 4 members (excludes halogenated alkanes) is 2. The Morgan fingerprint density at radius 2 is 1.04 bits per heavy atom. The van der Waals surface area contributed by atoms with Gasteiger partial charge in [-0.25, -0.2) is 25.2 Å². The number of hydrogen-bond donors (Lipinski definition) is 10. The molecule has 2 saturated heterocycles. The molecule has 0 bridgehead atoms. The summed E-state index contributed by atoms with van der Waals surface area (Å²) in [5.41, 5.74) is 17.5. The van der Waals surface area contributed by atoms with Gasteiger partial charge in [-0.05, 0) is 152 Å². The standard InChI is InChI=1S/C36H37N9O8.C20H24N6O4.C16H13N3O4/c1-2-3-16-43(19-22-4-6-23(7-5-22)32(47)41-52)36(51)38-24-8-11-27(12-9-24)53-21-44-20-26(40-42-44)18-37-25-10-13-28-29(17-25)35(50)45(34(28)49)30-14-15-31(46)39-33(30)48;1-2-3-12-26(13-15-4-6-16(7-5-15)19(27)24-29)20(28)23-17-8-10-18(11-9-17)30-14-22-25-21;1-2-7-17-9-3-4-10-11(8-9)16(23)19(15(10)22)12-5-6-13(20)18-14(12)21/h4-13,17,20,30,37,52H,2-3,14-16,18-19,21H2,1H3,(H,38,51)(H,41,47)(H,39,46,48);4-11,29H,2-3,12-14H2,1H3,(H,23,28)(H,24,27);1,3-4,8,12,17H,5-7H2,(H,18,20,21). The Bertz CT molecular complexity index is 4540. The van der Waals surface area contributed by atoms with Crippen LogP contribution in [0.15, 0.2) is 145 Å². The first-order valence-electron chi connectivity index (χ1n) is 33.4. The van der Waals surface area contributed by atoms with Crippen molar-refractivity contribution in [1.29, 1.82) is 0 Å². The number of aromatic nitrogens is 3. The molecule has 10 N–H and O–H groups in total. The molecule has 2 atom stereocenters. The number of nitrogens with one attached hydrogen (secondary N) is 8. The number of imide groups is 4. The number of rotatable bonds is 27. The molecule has 4 aliphatic heterocycles. The lowest BCUT2D eigenvalue weighted by molar-refractivity contribution is -0.137. The second-order valence-electron chi connectivity index (χ2n) is 24.1. The minimum atomic E-state index is -1.03. The Balaban J connectivity index is 0.000000206. The highest BCUT2D eigenvalue weighted by molar-refractivity contribution is 6.25. The number of carbonyl (C=O) groups is 12. The molecule has 5 heterocycles. The van der Waals surface area contributed by atoms with Gasteiger partial charge in [0.15, 0.2) is 13.5 Å². The minimum Gasteiger partial charge on any atom is -0.488 e. The Kier molecular flexibility index (Phi) is 26.7. The third-order valence-corrected chi connectivity index (χ3v) is 16.8. The number of carbonyl (C=O) groups excluding carboxylic acids is 12. The van der Waals surface area contributed by atoms with E-state index in [1.165, 1.54) is 16.8 Å². The molecule has 7 aromatic rings. The molecule has 548 valence electrons. The molecule has 2 fully saturated rings. The van der Waals surface area contributed by atoms with Crippen molar-refractivity contribution in [2.75, 3.05) is 47.6 Å². The number of anilines is 4. The molecule has 0 spiro atoms. The highest BCUT2D eigenvalue weighted by Crippen LogP contribution is 2.32. The van der Waals surface area contributed by atoms with Crippen LogP contribution in [0.1, 0.15) is 144 Å². The van der Waals surface area contributed by atoms with Crippen LogP contribution in [0.2, 0.25) is 0 Å². The van der Waals surface area contributed by atoms with Gasteiger partial charge in [0.25, 0.3) is 35.4 Å². The van der Waals surface area contributed by atoms with Crippen LogP contribution in [0, 0.1) is 12.3 Å². The summed E-state index contributed by atoms with van der Waals surface area (Å²) in [7, 11) is 0. The van der Waals surface area contributed by atoms with Gasteiger partial charge in [0.2, 0.25) is 23.6 Å². The van der Waals surface area contributed by atoms with Gasteiger partial charge in [-0.3, -0.25) is 78.8 Å². The van der Waals surface area contributed by atoms with E-state index in [4.69, 9.17) is 31.8 Å². The summed E-state index contributed by atoms with van der Waals surface area (Å²) in [4.78, 5) is 155. The Labute approximate surface area is 605 Å². The van der Waals surface area contributed by atoms with E-state index in [1.54, 1.807) is 148 Å². The Morgan fingerprint density at radius 1 is 0.604 bits per heavy atom. The molecule has 11 rings (SSSR count). The summed E-state index contributed by atoms with van der Waals surface area (Å²) in [6.07, 6.45) is 10.7. The third kappa shape index (κ3) is 20.0. The van der Waals surface area contributed by atoms with E-state index in [-0.39, 0.29) is 86.6 Å². The number of piperidine rings is 2. The largest absolute Gasteiger partial charge is 0.488 e. The summed E-state index contributed by atoms with van der Waals surface area (Å²) in [5, 5.41) is 45.3. The normalized spacial score (nSPS) is 14.7. The van der Waals surface area contributed by atoms with Gasteiger partial charge in [-0.1, -0.05) is 67.2 Å². The van der Waals surface area contributed by atoms with Crippen molar-refractivity contribution in [3.8, 4) is 23.8 Å². The fourth-order valence-electron chi connectivity index (χ4n) is 11.2. The first-order valence-corrected chi connectivity index (χ1v) is 33.4. The molecule has 0 saturated carbocycles. The molecule has 106 heavy (non-hydrogen) atoms. The number of amides is 14. The average Bonchev–Trinajstić information content (AvgIpc) is 1.62. The van der Waals surface area contributed by atoms with Gasteiger partial charge < -0.3 is 40.5 Å². The van der Waals surface area contributed by atoms with Gasteiger partial charge in [0.1, 0.15) is 29.3 Å². The van der Waals surface area contributed by atoms with E-state index >= 15 is 0 Å². The monoisotopic (exact) mass is 1450 g/mol. The lowest BCUT2D eigenvalue weighted by atomic mass is 10.0. The molecule has 4 aliphatic rings. The van der Waals surface area contributed by atoms with Gasteiger partial charge in [0.05, 0.1) is 41.5 Å². The number of ether oxygens (including phenoxy) is 2. The molecule has 0 aliphatic carbocycles. The molecule has 34 nitrogen and oxygen atoms in total. The number of azide groups is 1. The quantitative estimate of drug-likeness (QED) is 0.00448. The zero-order valence-corrected chi connectivity index (χ0v) is 57.4. The number of fused-ring (bicyclic) bond motifs is 2. The number of terminal acetylenes is 1. The van der Waals surface area contributed by atoms with Crippen molar-refractivity contribution in [2.45, 2.75) is 104 Å². The lowest BCUT2D eigenvalue weighted by Crippen LogP contribution is -2.54. The van der Waals surface area contributed by atoms with Crippen molar-refractivity contribution in [1.82, 2.24) is 56.2 Å². The maximum Gasteiger partial charge on any atom is 0.322 e. The van der Waals surface area contributed by atoms with Crippen molar-refractivity contribution in [2.24, 2.45) is 5.11 Å². The van der Waals surface area contributed by atoms with E-state index in [9.17, 15) is 57.5 Å². The van der Waals surface area contributed by atoms with Crippen LogP contribution >= 0.6 is 0 Å². The topological polar surface area (TPSA) is 452 Å². The second kappa shape index (κ2) is 36.9. The van der Waals surface area contributed by atoms with Crippen LogP contribution in [0.3, 0.4) is 0 Å². The summed E-state index contributed by atoms with van der Waals surface area (Å²) in [6.45, 7) is 6.42. The van der Waals surface area contributed by atoms with E-state index < -0.39 is 71.2 Å². The fraction of sp³-hybridized carbons (Fsp3) is 0.278. The molecular weight excluding hydrogens is 1370 g/mol. The van der Waals surface area contributed by atoms with Crippen molar-refractivity contribution < 1.29 is 77.4 Å². The Hall–Kier alpha value is -13.5. The lowest BCUT2D eigenvalue weighted by Gasteiger charge is -2.27. The molecule has 6 aromatic carbocycles. The van der Waals surface area contributed by atoms with E-state index in [0.29, 0.717) is 77.2 Å². The summed E-state index contributed by atoms with van der Waals surface area (Å²) in [5.74, 6) is -2.07. The maximum absolute atomic E-state index is 13.2. The molecule has 2 unspecified atom stereocenters. The minimum absolute atomic E-state index is 0.0454. The van der Waals surface area contributed by atoms with Crippen LogP contribution in [-0.4, -0.2) is 155 Å². The van der Waals surface area contributed by atoms with Gasteiger partial charge in [-0.2, -0.15) is 0 Å². The smallest absolute Gasteiger partial charge is 0.322 e. The summed E-state index contributed by atoms with van der Waals surface area (Å²) < 4.78 is 12.6. The van der Waals surface area contributed by atoms with Gasteiger partial charge in [0, 0.05) is 77.8 Å². The third-order valence-electron chi connectivity index (χ3n) is 16.8. The van der Waals surface area contributed by atoms with Crippen molar-refractivity contribution in [3.63, 3.8) is 0 Å². The van der Waals surface area contributed by atoms with Crippen LogP contribution in [0.25, 0.3) is 10.4 Å². The number of hydroxylamine groups is 2. The van der Waals surface area contributed by atoms with Gasteiger partial charge >= 0.3 is 12.1 Å². The van der Waals surface area contributed by atoms with E-state index in [2.05, 4.69) is 58.2 Å². The number of hydrogen-bond acceptors (Lipinski definition) is 21. The van der Waals surface area contributed by atoms with Crippen molar-refractivity contribution in [3.05, 3.63) is 200 Å². The maximum atomic E-state index is 13.2. The number of benzene rings is 6. The second-order valence-corrected chi connectivity index (χ2v) is 24.1. The molecule has 1 aromatic heterocycles. The molecule has 14 amide bonds.